The normalized spacial score (nSPS) is 20.4. The van der Waals surface area contributed by atoms with Gasteiger partial charge in [-0.2, -0.15) is 0 Å². The van der Waals surface area contributed by atoms with Gasteiger partial charge in [-0.05, 0) is 51.1 Å². The van der Waals surface area contributed by atoms with Crippen molar-refractivity contribution < 1.29 is 9.18 Å². The van der Waals surface area contributed by atoms with Crippen LogP contribution in [0.3, 0.4) is 0 Å². The number of nitrogens with zero attached hydrogens (tertiary/aromatic N) is 2. The van der Waals surface area contributed by atoms with Gasteiger partial charge in [0.25, 0.3) is 0 Å². The fourth-order valence-corrected chi connectivity index (χ4v) is 3.77. The summed E-state index contributed by atoms with van der Waals surface area (Å²) in [5.41, 5.74) is 1.89. The molecular formula is C19H32Cl3FN4O. The third-order valence-electron chi connectivity index (χ3n) is 5.35. The number of rotatable bonds is 5. The number of anilines is 1. The molecule has 2 N–H and O–H groups in total. The third-order valence-corrected chi connectivity index (χ3v) is 5.35. The van der Waals surface area contributed by atoms with Crippen molar-refractivity contribution in [3.63, 3.8) is 0 Å². The van der Waals surface area contributed by atoms with E-state index >= 15 is 0 Å². The third kappa shape index (κ3) is 6.63. The number of hydrogen-bond donors (Lipinski definition) is 2. The number of carbonyl (C=O) groups is 1. The highest BCUT2D eigenvalue weighted by molar-refractivity contribution is 5.86. The van der Waals surface area contributed by atoms with E-state index in [-0.39, 0.29) is 61.0 Å². The molecule has 2 unspecified atom stereocenters. The number of hydrogen-bond acceptors (Lipinski definition) is 4. The van der Waals surface area contributed by atoms with Gasteiger partial charge in [0.1, 0.15) is 5.82 Å². The maximum Gasteiger partial charge on any atom is 0.237 e. The van der Waals surface area contributed by atoms with E-state index in [2.05, 4.69) is 27.4 Å². The number of carbonyl (C=O) groups excluding carboxylic acids is 1. The van der Waals surface area contributed by atoms with Crippen LogP contribution in [-0.4, -0.2) is 56.1 Å². The second-order valence-corrected chi connectivity index (χ2v) is 7.00. The maximum absolute atomic E-state index is 13.9. The minimum absolute atomic E-state index is 0. The summed E-state index contributed by atoms with van der Waals surface area (Å²) in [7, 11) is 0. The Hall–Kier alpha value is -0.790. The van der Waals surface area contributed by atoms with E-state index in [1.54, 1.807) is 6.07 Å². The lowest BCUT2D eigenvalue weighted by Crippen LogP contribution is -2.47. The molecular weight excluding hydrogens is 426 g/mol. The van der Waals surface area contributed by atoms with Crippen LogP contribution in [0.15, 0.2) is 18.2 Å². The first-order valence-electron chi connectivity index (χ1n) is 9.39. The smallest absolute Gasteiger partial charge is 0.237 e. The molecule has 9 heteroatoms. The summed E-state index contributed by atoms with van der Waals surface area (Å²) in [5.74, 6) is -0.248. The molecule has 2 saturated heterocycles. The Balaban J connectivity index is 0.00000243. The molecule has 0 spiro atoms. The Labute approximate surface area is 186 Å². The maximum atomic E-state index is 13.9. The molecule has 1 aromatic carbocycles. The minimum atomic E-state index is -0.258. The molecule has 3 rings (SSSR count). The van der Waals surface area contributed by atoms with Crippen molar-refractivity contribution in [1.82, 2.24) is 15.5 Å². The first kappa shape index (κ1) is 27.2. The fraction of sp³-hybridized carbons (Fsp3) is 0.632. The zero-order valence-electron chi connectivity index (χ0n) is 16.4. The van der Waals surface area contributed by atoms with Crippen molar-refractivity contribution >= 4 is 48.8 Å². The summed E-state index contributed by atoms with van der Waals surface area (Å²) < 4.78 is 13.9. The first-order chi connectivity index (χ1) is 12.1. The predicted molar refractivity (Wildman–Crippen MR) is 120 cm³/mol. The molecule has 162 valence electrons. The SMILES string of the molecule is CCN1CCN(c2ccc(F)cc2C(C)NC(=O)C2CCCN2)CC1.Cl.Cl.Cl. The quantitative estimate of drug-likeness (QED) is 0.713. The fourth-order valence-electron chi connectivity index (χ4n) is 3.77. The van der Waals surface area contributed by atoms with Crippen molar-refractivity contribution in [1.29, 1.82) is 0 Å². The average Bonchev–Trinajstić information content (AvgIpc) is 3.16. The molecule has 2 aliphatic rings. The molecule has 28 heavy (non-hydrogen) atoms. The van der Waals surface area contributed by atoms with E-state index in [0.717, 1.165) is 63.4 Å². The summed E-state index contributed by atoms with van der Waals surface area (Å²) in [6, 6.07) is 4.59. The molecule has 2 heterocycles. The number of likely N-dealkylation sites (N-methyl/N-ethyl adjacent to an activating group) is 1. The van der Waals surface area contributed by atoms with Crippen molar-refractivity contribution in [3.05, 3.63) is 29.6 Å². The summed E-state index contributed by atoms with van der Waals surface area (Å²) >= 11 is 0. The zero-order valence-corrected chi connectivity index (χ0v) is 18.9. The second-order valence-electron chi connectivity index (χ2n) is 7.00. The van der Waals surface area contributed by atoms with E-state index in [4.69, 9.17) is 0 Å². The van der Waals surface area contributed by atoms with Gasteiger partial charge >= 0.3 is 0 Å². The van der Waals surface area contributed by atoms with Gasteiger partial charge in [-0.15, -0.1) is 37.2 Å². The van der Waals surface area contributed by atoms with Crippen LogP contribution >= 0.6 is 37.2 Å². The lowest BCUT2D eigenvalue weighted by molar-refractivity contribution is -0.123. The highest BCUT2D eigenvalue weighted by Gasteiger charge is 2.26. The minimum Gasteiger partial charge on any atom is -0.369 e. The first-order valence-corrected chi connectivity index (χ1v) is 9.39. The van der Waals surface area contributed by atoms with Crippen molar-refractivity contribution in [2.45, 2.75) is 38.8 Å². The van der Waals surface area contributed by atoms with E-state index in [1.807, 2.05) is 13.0 Å². The monoisotopic (exact) mass is 456 g/mol. The Morgan fingerprint density at radius 2 is 1.93 bits per heavy atom. The van der Waals surface area contributed by atoms with Gasteiger partial charge in [0.05, 0.1) is 12.1 Å². The number of amides is 1. The molecule has 2 fully saturated rings. The lowest BCUT2D eigenvalue weighted by atomic mass is 10.0. The van der Waals surface area contributed by atoms with Gasteiger partial charge in [0, 0.05) is 37.4 Å². The molecule has 0 radical (unpaired) electrons. The van der Waals surface area contributed by atoms with Crippen LogP contribution in [0.4, 0.5) is 10.1 Å². The topological polar surface area (TPSA) is 47.6 Å². The summed E-state index contributed by atoms with van der Waals surface area (Å²) in [6.45, 7) is 9.94. The van der Waals surface area contributed by atoms with Crippen LogP contribution in [0.25, 0.3) is 0 Å². The molecule has 0 bridgehead atoms. The summed E-state index contributed by atoms with van der Waals surface area (Å²) in [6.07, 6.45) is 1.90. The van der Waals surface area contributed by atoms with Crippen molar-refractivity contribution in [2.24, 2.45) is 0 Å². The number of nitrogens with one attached hydrogen (secondary N) is 2. The van der Waals surface area contributed by atoms with E-state index in [1.165, 1.54) is 6.07 Å². The van der Waals surface area contributed by atoms with Crippen LogP contribution in [0.5, 0.6) is 0 Å². The van der Waals surface area contributed by atoms with E-state index in [9.17, 15) is 9.18 Å². The highest BCUT2D eigenvalue weighted by atomic mass is 35.5. The van der Waals surface area contributed by atoms with Gasteiger partial charge in [-0.3, -0.25) is 4.79 Å². The van der Waals surface area contributed by atoms with Gasteiger partial charge in [-0.25, -0.2) is 4.39 Å². The summed E-state index contributed by atoms with van der Waals surface area (Å²) in [4.78, 5) is 17.1. The van der Waals surface area contributed by atoms with Crippen LogP contribution in [0, 0.1) is 5.82 Å². The number of benzene rings is 1. The highest BCUT2D eigenvalue weighted by Crippen LogP contribution is 2.28. The van der Waals surface area contributed by atoms with Gasteiger partial charge in [0.15, 0.2) is 0 Å². The number of piperazine rings is 1. The molecule has 0 aromatic heterocycles. The molecule has 2 aliphatic heterocycles. The Kier molecular flexibility index (Phi) is 12.3. The Morgan fingerprint density at radius 3 is 2.50 bits per heavy atom. The van der Waals surface area contributed by atoms with Crippen LogP contribution in [0.2, 0.25) is 0 Å². The molecule has 1 aromatic rings. The molecule has 1 amide bonds. The standard InChI is InChI=1S/C19H29FN4O.3ClH/c1-3-23-9-11-24(12-10-23)18-7-6-15(20)13-16(18)14(2)22-19(25)17-5-4-8-21-17;;;/h6-7,13-14,17,21H,3-5,8-12H2,1-2H3,(H,22,25);3*1H. The van der Waals surface area contributed by atoms with E-state index < -0.39 is 0 Å². The van der Waals surface area contributed by atoms with Gasteiger partial charge in [0.2, 0.25) is 5.91 Å². The van der Waals surface area contributed by atoms with Gasteiger partial charge < -0.3 is 20.4 Å². The van der Waals surface area contributed by atoms with Crippen LogP contribution in [-0.2, 0) is 4.79 Å². The average molecular weight is 458 g/mol. The largest absolute Gasteiger partial charge is 0.369 e. The summed E-state index contributed by atoms with van der Waals surface area (Å²) in [5, 5.41) is 6.27. The van der Waals surface area contributed by atoms with Crippen molar-refractivity contribution in [2.75, 3.05) is 44.2 Å². The molecule has 2 atom stereocenters. The van der Waals surface area contributed by atoms with Crippen LogP contribution in [0.1, 0.15) is 38.3 Å². The van der Waals surface area contributed by atoms with Crippen LogP contribution < -0.4 is 15.5 Å². The number of halogens is 4. The van der Waals surface area contributed by atoms with E-state index in [0.29, 0.717) is 0 Å². The zero-order chi connectivity index (χ0) is 17.8. The molecule has 0 aliphatic carbocycles. The Morgan fingerprint density at radius 1 is 1.25 bits per heavy atom. The molecule has 0 saturated carbocycles. The Bertz CT molecular complexity index is 609. The predicted octanol–water partition coefficient (Wildman–Crippen LogP) is 3.16. The van der Waals surface area contributed by atoms with Crippen molar-refractivity contribution in [3.8, 4) is 0 Å². The van der Waals surface area contributed by atoms with Gasteiger partial charge in [-0.1, -0.05) is 6.92 Å². The second kappa shape index (κ2) is 12.7. The lowest BCUT2D eigenvalue weighted by Gasteiger charge is -2.37. The molecule has 5 nitrogen and oxygen atoms in total.